The van der Waals surface area contributed by atoms with E-state index in [1.165, 1.54) is 17.5 Å². The van der Waals surface area contributed by atoms with E-state index in [2.05, 4.69) is 44.3 Å². The quantitative estimate of drug-likeness (QED) is 0.661. The fourth-order valence-electron chi connectivity index (χ4n) is 2.23. The highest BCUT2D eigenvalue weighted by Crippen LogP contribution is 2.29. The summed E-state index contributed by atoms with van der Waals surface area (Å²) in [5.74, 6) is 0. The van der Waals surface area contributed by atoms with E-state index in [0.717, 1.165) is 13.1 Å². The van der Waals surface area contributed by atoms with Gasteiger partial charge in [-0.3, -0.25) is 0 Å². The lowest BCUT2D eigenvalue weighted by Gasteiger charge is -2.27. The third-order valence-electron chi connectivity index (χ3n) is 2.95. The van der Waals surface area contributed by atoms with E-state index in [-0.39, 0.29) is 5.41 Å². The molecule has 0 saturated heterocycles. The highest BCUT2D eigenvalue weighted by molar-refractivity contribution is 5.40. The summed E-state index contributed by atoms with van der Waals surface area (Å²) in [6, 6.07) is 6.72. The minimum atomic E-state index is 0.280. The van der Waals surface area contributed by atoms with E-state index in [9.17, 15) is 0 Å². The van der Waals surface area contributed by atoms with Crippen LogP contribution >= 0.6 is 0 Å². The molecule has 1 aliphatic heterocycles. The first-order valence-electron chi connectivity index (χ1n) is 5.41. The predicted molar refractivity (Wildman–Crippen MR) is 60.6 cm³/mol. The predicted octanol–water partition coefficient (Wildman–Crippen LogP) is 2.63. The summed E-state index contributed by atoms with van der Waals surface area (Å²) in [5.41, 5.74) is 4.88. The molecule has 2 rings (SSSR count). The summed E-state index contributed by atoms with van der Waals surface area (Å²) in [5, 5.41) is 3.42. The normalized spacial score (nSPS) is 16.5. The minimum Gasteiger partial charge on any atom is -0.312 e. The van der Waals surface area contributed by atoms with Crippen LogP contribution in [0.15, 0.2) is 18.2 Å². The lowest BCUT2D eigenvalue weighted by Crippen LogP contribution is -2.27. The summed E-state index contributed by atoms with van der Waals surface area (Å²) < 4.78 is 0. The molecule has 1 aliphatic rings. The molecular weight excluding hydrogens is 170 g/mol. The Balaban J connectivity index is 2.51. The van der Waals surface area contributed by atoms with Crippen LogP contribution in [0.1, 0.15) is 37.5 Å². The lowest BCUT2D eigenvalue weighted by molar-refractivity contribution is 0.563. The molecule has 1 heterocycles. The number of hydrogen-bond donors (Lipinski definition) is 1. The average molecular weight is 189 g/mol. The minimum absolute atomic E-state index is 0.280. The Morgan fingerprint density at radius 3 is 2.71 bits per heavy atom. The van der Waals surface area contributed by atoms with Crippen molar-refractivity contribution in [3.8, 4) is 0 Å². The second-order valence-electron chi connectivity index (χ2n) is 5.12. The Morgan fingerprint density at radius 1 is 1.21 bits per heavy atom. The lowest BCUT2D eigenvalue weighted by atomic mass is 9.80. The van der Waals surface area contributed by atoms with E-state index in [1.807, 2.05) is 0 Å². The molecule has 14 heavy (non-hydrogen) atoms. The van der Waals surface area contributed by atoms with E-state index in [1.54, 1.807) is 5.56 Å². The van der Waals surface area contributed by atoms with Crippen molar-refractivity contribution in [3.05, 3.63) is 34.9 Å². The molecule has 1 aromatic rings. The molecule has 0 radical (unpaired) electrons. The zero-order valence-electron chi connectivity index (χ0n) is 9.35. The van der Waals surface area contributed by atoms with Gasteiger partial charge < -0.3 is 5.32 Å². The molecule has 0 spiro atoms. The Labute approximate surface area is 86.5 Å². The molecule has 0 aromatic heterocycles. The van der Waals surface area contributed by atoms with Crippen LogP contribution in [-0.4, -0.2) is 6.54 Å². The van der Waals surface area contributed by atoms with Gasteiger partial charge in [0.05, 0.1) is 0 Å². The second-order valence-corrected chi connectivity index (χ2v) is 5.12. The van der Waals surface area contributed by atoms with E-state index in [4.69, 9.17) is 0 Å². The van der Waals surface area contributed by atoms with Gasteiger partial charge in [0.1, 0.15) is 0 Å². The van der Waals surface area contributed by atoms with Crippen LogP contribution < -0.4 is 5.32 Å². The molecule has 76 valence electrons. The van der Waals surface area contributed by atoms with Crippen molar-refractivity contribution in [2.24, 2.45) is 0 Å². The molecule has 1 N–H and O–H groups in total. The third-order valence-corrected chi connectivity index (χ3v) is 2.95. The molecule has 0 atom stereocenters. The van der Waals surface area contributed by atoms with Gasteiger partial charge in [0.25, 0.3) is 0 Å². The van der Waals surface area contributed by atoms with Crippen molar-refractivity contribution < 1.29 is 0 Å². The second kappa shape index (κ2) is 3.39. The number of hydrogen-bond acceptors (Lipinski definition) is 1. The molecule has 0 amide bonds. The van der Waals surface area contributed by atoms with Crippen LogP contribution in [0.2, 0.25) is 0 Å². The summed E-state index contributed by atoms with van der Waals surface area (Å²) in [4.78, 5) is 0. The van der Waals surface area contributed by atoms with Gasteiger partial charge in [-0.25, -0.2) is 0 Å². The largest absolute Gasteiger partial charge is 0.312 e. The van der Waals surface area contributed by atoms with Crippen molar-refractivity contribution in [2.75, 3.05) is 6.54 Å². The first-order valence-corrected chi connectivity index (χ1v) is 5.41. The fourth-order valence-corrected chi connectivity index (χ4v) is 2.23. The SMILES string of the molecule is CC(C)(C)c1cccc2c1CCNC2. The molecule has 0 unspecified atom stereocenters. The average Bonchev–Trinajstić information content (AvgIpc) is 2.15. The van der Waals surface area contributed by atoms with Crippen molar-refractivity contribution in [3.63, 3.8) is 0 Å². The summed E-state index contributed by atoms with van der Waals surface area (Å²) in [6.07, 6.45) is 1.18. The molecule has 0 bridgehead atoms. The van der Waals surface area contributed by atoms with E-state index < -0.39 is 0 Å². The first-order chi connectivity index (χ1) is 6.59. The summed E-state index contributed by atoms with van der Waals surface area (Å²) >= 11 is 0. The Morgan fingerprint density at radius 2 is 2.00 bits per heavy atom. The smallest absolute Gasteiger partial charge is 0.0208 e. The number of rotatable bonds is 0. The van der Waals surface area contributed by atoms with Crippen molar-refractivity contribution in [2.45, 2.75) is 39.2 Å². The molecule has 0 aliphatic carbocycles. The number of fused-ring (bicyclic) bond motifs is 1. The molecule has 0 fully saturated rings. The van der Waals surface area contributed by atoms with Crippen molar-refractivity contribution in [1.82, 2.24) is 5.32 Å². The van der Waals surface area contributed by atoms with Gasteiger partial charge in [0, 0.05) is 6.54 Å². The maximum atomic E-state index is 3.42. The van der Waals surface area contributed by atoms with Gasteiger partial charge >= 0.3 is 0 Å². The van der Waals surface area contributed by atoms with Crippen LogP contribution in [0.3, 0.4) is 0 Å². The molecule has 1 heteroatoms. The van der Waals surface area contributed by atoms with Gasteiger partial charge in [0.2, 0.25) is 0 Å². The van der Waals surface area contributed by atoms with Crippen LogP contribution in [-0.2, 0) is 18.4 Å². The van der Waals surface area contributed by atoms with Gasteiger partial charge in [0.15, 0.2) is 0 Å². The van der Waals surface area contributed by atoms with Gasteiger partial charge in [-0.2, -0.15) is 0 Å². The Kier molecular flexibility index (Phi) is 2.36. The molecular formula is C13H19N. The zero-order chi connectivity index (χ0) is 10.2. The Bertz CT molecular complexity index is 334. The summed E-state index contributed by atoms with van der Waals surface area (Å²) in [7, 11) is 0. The maximum absolute atomic E-state index is 3.42. The van der Waals surface area contributed by atoms with Crippen molar-refractivity contribution in [1.29, 1.82) is 0 Å². The highest BCUT2D eigenvalue weighted by atomic mass is 14.9. The fraction of sp³-hybridized carbons (Fsp3) is 0.538. The Hall–Kier alpha value is -0.820. The molecule has 1 aromatic carbocycles. The first kappa shape index (κ1) is 9.72. The van der Waals surface area contributed by atoms with Gasteiger partial charge in [-0.05, 0) is 35.1 Å². The van der Waals surface area contributed by atoms with Gasteiger partial charge in [-0.1, -0.05) is 39.0 Å². The third kappa shape index (κ3) is 1.69. The number of benzene rings is 1. The summed E-state index contributed by atoms with van der Waals surface area (Å²) in [6.45, 7) is 9.05. The molecule has 1 nitrogen and oxygen atoms in total. The van der Waals surface area contributed by atoms with Gasteiger partial charge in [-0.15, -0.1) is 0 Å². The maximum Gasteiger partial charge on any atom is 0.0208 e. The van der Waals surface area contributed by atoms with Crippen LogP contribution in [0.5, 0.6) is 0 Å². The molecule has 0 saturated carbocycles. The monoisotopic (exact) mass is 189 g/mol. The topological polar surface area (TPSA) is 12.0 Å². The van der Waals surface area contributed by atoms with Crippen LogP contribution in [0.25, 0.3) is 0 Å². The highest BCUT2D eigenvalue weighted by Gasteiger charge is 2.20. The van der Waals surface area contributed by atoms with Crippen LogP contribution in [0, 0.1) is 0 Å². The van der Waals surface area contributed by atoms with E-state index in [0.29, 0.717) is 0 Å². The van der Waals surface area contributed by atoms with E-state index >= 15 is 0 Å². The standard InChI is InChI=1S/C13H19N/c1-13(2,3)12-6-4-5-10-9-14-8-7-11(10)12/h4-6,14H,7-9H2,1-3H3. The van der Waals surface area contributed by atoms with Crippen molar-refractivity contribution >= 4 is 0 Å². The van der Waals surface area contributed by atoms with Crippen LogP contribution in [0.4, 0.5) is 0 Å². The zero-order valence-corrected chi connectivity index (χ0v) is 9.35. The number of nitrogens with one attached hydrogen (secondary N) is 1.